The summed E-state index contributed by atoms with van der Waals surface area (Å²) in [5.74, 6) is 0.0910. The lowest BCUT2D eigenvalue weighted by Gasteiger charge is -2.06. The van der Waals surface area contributed by atoms with Crippen molar-refractivity contribution in [2.24, 2.45) is 17.3 Å². The van der Waals surface area contributed by atoms with E-state index in [4.69, 9.17) is 0 Å². The molecule has 0 aliphatic carbocycles. The Kier molecular flexibility index (Phi) is 7.30. The topological polar surface area (TPSA) is 133 Å². The number of hydrogen-bond acceptors (Lipinski definition) is 6. The Morgan fingerprint density at radius 3 is 2.56 bits per heavy atom. The summed E-state index contributed by atoms with van der Waals surface area (Å²) in [6, 6.07) is 5.51. The Balaban J connectivity index is 1.68. The number of imidazole rings is 1. The van der Waals surface area contributed by atoms with Crippen LogP contribution in [0.5, 0.6) is 5.88 Å². The van der Waals surface area contributed by atoms with Gasteiger partial charge in [0.1, 0.15) is 0 Å². The minimum Gasteiger partial charge on any atom is -0.493 e. The number of hydrogen-bond donors (Lipinski definition) is 3. The minimum atomic E-state index is -0.541. The molecule has 3 heterocycles. The maximum Gasteiger partial charge on any atom is 0.329 e. The molecule has 0 aliphatic heterocycles. The molecule has 3 N–H and O–H groups in total. The van der Waals surface area contributed by atoms with Gasteiger partial charge in [-0.05, 0) is 24.6 Å². The fourth-order valence-corrected chi connectivity index (χ4v) is 4.43. The number of aromatic nitrogens is 5. The van der Waals surface area contributed by atoms with Gasteiger partial charge >= 0.3 is 5.69 Å². The van der Waals surface area contributed by atoms with Crippen molar-refractivity contribution in [2.45, 2.75) is 58.4 Å². The van der Waals surface area contributed by atoms with Crippen molar-refractivity contribution in [3.05, 3.63) is 43.5 Å². The molecule has 0 saturated carbocycles. The monoisotopic (exact) mass is 529 g/mol. The number of aromatic amines is 2. The third-order valence-corrected chi connectivity index (χ3v) is 6.42. The van der Waals surface area contributed by atoms with Crippen LogP contribution in [0.15, 0.2) is 42.5 Å². The number of halogens is 1. The molecule has 4 rings (SSSR count). The second-order valence-electron chi connectivity index (χ2n) is 8.39. The second kappa shape index (κ2) is 10.4. The number of azo groups is 1. The number of aryl methyl sites for hydroxylation is 2. The van der Waals surface area contributed by atoms with Crippen molar-refractivity contribution in [3.8, 4) is 5.88 Å². The second-order valence-corrected chi connectivity index (χ2v) is 9.30. The average Bonchev–Trinajstić information content (AvgIpc) is 3.32. The molecule has 0 aliphatic rings. The maximum atomic E-state index is 12.6. The molecule has 0 unspecified atom stereocenters. The smallest absolute Gasteiger partial charge is 0.329 e. The molecule has 0 radical (unpaired) electrons. The Morgan fingerprint density at radius 1 is 1.06 bits per heavy atom. The van der Waals surface area contributed by atoms with E-state index in [1.165, 1.54) is 30.3 Å². The van der Waals surface area contributed by atoms with Crippen molar-refractivity contribution < 1.29 is 5.11 Å². The normalized spacial score (nSPS) is 12.0. The zero-order chi connectivity index (χ0) is 24.2. The molecule has 34 heavy (non-hydrogen) atoms. The molecule has 1 aromatic carbocycles. The minimum absolute atomic E-state index is 0.114. The fraction of sp³-hybridized carbons (Fsp3) is 0.435. The zero-order valence-corrected chi connectivity index (χ0v) is 20.9. The Bertz CT molecular complexity index is 1460. The molecule has 0 spiro atoms. The van der Waals surface area contributed by atoms with Crippen LogP contribution in [0.25, 0.3) is 22.1 Å². The van der Waals surface area contributed by atoms with Gasteiger partial charge in [0.2, 0.25) is 5.88 Å². The molecule has 10 nitrogen and oxygen atoms in total. The number of fused-ring (bicyclic) bond motifs is 2. The highest BCUT2D eigenvalue weighted by atomic mass is 79.9. The first-order valence-corrected chi connectivity index (χ1v) is 12.3. The molecule has 3 aromatic heterocycles. The molecular weight excluding hydrogens is 502 g/mol. The van der Waals surface area contributed by atoms with Gasteiger partial charge in [-0.3, -0.25) is 14.3 Å². The lowest BCUT2D eigenvalue weighted by atomic mass is 10.1. The summed E-state index contributed by atoms with van der Waals surface area (Å²) >= 11 is 3.43. The summed E-state index contributed by atoms with van der Waals surface area (Å²) < 4.78 is 3.82. The van der Waals surface area contributed by atoms with Crippen molar-refractivity contribution in [1.29, 1.82) is 0 Å². The van der Waals surface area contributed by atoms with E-state index in [0.717, 1.165) is 23.7 Å². The predicted molar refractivity (Wildman–Crippen MR) is 135 cm³/mol. The number of nitrogens with one attached hydrogen (secondary N) is 2. The Labute approximate surface area is 203 Å². The summed E-state index contributed by atoms with van der Waals surface area (Å²) in [7, 11) is 1.55. The number of H-pyrrole nitrogens is 2. The van der Waals surface area contributed by atoms with Crippen LogP contribution in [0.4, 0.5) is 11.6 Å². The van der Waals surface area contributed by atoms with E-state index >= 15 is 0 Å². The van der Waals surface area contributed by atoms with Gasteiger partial charge in [-0.2, -0.15) is 4.98 Å². The van der Waals surface area contributed by atoms with Crippen molar-refractivity contribution in [1.82, 2.24) is 24.1 Å². The predicted octanol–water partition coefficient (Wildman–Crippen LogP) is 5.54. The van der Waals surface area contributed by atoms with Gasteiger partial charge in [-0.25, -0.2) is 4.79 Å². The number of nitrogens with zero attached hydrogens (tertiary/aromatic N) is 5. The van der Waals surface area contributed by atoms with Crippen LogP contribution in [0.3, 0.4) is 0 Å². The van der Waals surface area contributed by atoms with Crippen LogP contribution >= 0.6 is 15.9 Å². The van der Waals surface area contributed by atoms with Gasteiger partial charge in [-0.15, -0.1) is 10.2 Å². The SMILES string of the molecule is CCCCCCCCCn1c(N=Nc2c(O)[nH]c3ccc(Br)cc23)nc2c1c(=O)[nH]c(=O)n2C. The van der Waals surface area contributed by atoms with Gasteiger partial charge in [0, 0.05) is 23.5 Å². The molecule has 0 atom stereocenters. The quantitative estimate of drug-likeness (QED) is 0.183. The molecule has 180 valence electrons. The highest BCUT2D eigenvalue weighted by Crippen LogP contribution is 2.37. The van der Waals surface area contributed by atoms with Crippen molar-refractivity contribution >= 4 is 49.6 Å². The van der Waals surface area contributed by atoms with Gasteiger partial charge in [0.15, 0.2) is 16.9 Å². The standard InChI is InChI=1S/C23H28BrN7O3/c1-3-4-5-6-7-8-9-12-31-18-19(30(2)23(34)27-21(18)33)26-22(31)29-28-17-15-13-14(24)10-11-16(15)25-20(17)32/h10-11,13,25,32H,3-9,12H2,1-2H3,(H,27,33,34). The third kappa shape index (κ3) is 4.84. The molecule has 4 aromatic rings. The van der Waals surface area contributed by atoms with Crippen LogP contribution in [0.2, 0.25) is 0 Å². The number of aromatic hydroxyl groups is 1. The molecule has 0 bridgehead atoms. The first-order chi connectivity index (χ1) is 16.4. The van der Waals surface area contributed by atoms with Crippen LogP contribution in [0, 0.1) is 0 Å². The van der Waals surface area contributed by atoms with E-state index in [-0.39, 0.29) is 28.7 Å². The van der Waals surface area contributed by atoms with E-state index < -0.39 is 11.2 Å². The summed E-state index contributed by atoms with van der Waals surface area (Å²) in [5, 5.41) is 19.6. The number of rotatable bonds is 10. The van der Waals surface area contributed by atoms with Gasteiger partial charge in [0.25, 0.3) is 11.5 Å². The van der Waals surface area contributed by atoms with Crippen LogP contribution in [0.1, 0.15) is 51.9 Å². The fourth-order valence-electron chi connectivity index (χ4n) is 4.07. The summed E-state index contributed by atoms with van der Waals surface area (Å²) in [5.41, 5.74) is 0.470. The zero-order valence-electron chi connectivity index (χ0n) is 19.3. The first-order valence-electron chi connectivity index (χ1n) is 11.5. The Hall–Kier alpha value is -3.21. The highest BCUT2D eigenvalue weighted by Gasteiger charge is 2.18. The first kappa shape index (κ1) is 23.9. The largest absolute Gasteiger partial charge is 0.493 e. The summed E-state index contributed by atoms with van der Waals surface area (Å²) in [4.78, 5) is 34.4. The summed E-state index contributed by atoms with van der Waals surface area (Å²) in [6.07, 6.45) is 7.85. The van der Waals surface area contributed by atoms with E-state index in [0.29, 0.717) is 17.4 Å². The van der Waals surface area contributed by atoms with Gasteiger partial charge in [0.05, 0.1) is 5.52 Å². The van der Waals surface area contributed by atoms with E-state index in [9.17, 15) is 14.7 Å². The van der Waals surface area contributed by atoms with E-state index in [1.807, 2.05) is 18.2 Å². The third-order valence-electron chi connectivity index (χ3n) is 5.93. The van der Waals surface area contributed by atoms with Crippen molar-refractivity contribution in [2.75, 3.05) is 0 Å². The Morgan fingerprint density at radius 2 is 1.79 bits per heavy atom. The maximum absolute atomic E-state index is 12.6. The lowest BCUT2D eigenvalue weighted by Crippen LogP contribution is -2.29. The molecule has 0 fully saturated rings. The number of unbranched alkanes of at least 4 members (excludes halogenated alkanes) is 6. The lowest BCUT2D eigenvalue weighted by molar-refractivity contribution is 0.459. The molecule has 0 saturated heterocycles. The van der Waals surface area contributed by atoms with Crippen LogP contribution in [-0.4, -0.2) is 29.2 Å². The molecular formula is C23H28BrN7O3. The highest BCUT2D eigenvalue weighted by molar-refractivity contribution is 9.10. The van der Waals surface area contributed by atoms with Crippen LogP contribution < -0.4 is 11.2 Å². The van der Waals surface area contributed by atoms with Crippen LogP contribution in [-0.2, 0) is 13.6 Å². The van der Waals surface area contributed by atoms with Gasteiger partial charge < -0.3 is 14.7 Å². The molecule has 0 amide bonds. The summed E-state index contributed by atoms with van der Waals surface area (Å²) in [6.45, 7) is 2.71. The van der Waals surface area contributed by atoms with Gasteiger partial charge in [-0.1, -0.05) is 61.4 Å². The number of benzene rings is 1. The average molecular weight is 530 g/mol. The van der Waals surface area contributed by atoms with E-state index in [2.05, 4.69) is 48.0 Å². The molecule has 11 heteroatoms. The van der Waals surface area contributed by atoms with E-state index in [1.54, 1.807) is 11.6 Å². The van der Waals surface area contributed by atoms with Crippen molar-refractivity contribution in [3.63, 3.8) is 0 Å².